The molecule has 0 spiro atoms. The summed E-state index contributed by atoms with van der Waals surface area (Å²) in [7, 11) is 1.58. The fourth-order valence-corrected chi connectivity index (χ4v) is 3.88. The van der Waals surface area contributed by atoms with Crippen LogP contribution in [0.4, 0.5) is 0 Å². The molecule has 4 aromatic rings. The van der Waals surface area contributed by atoms with Gasteiger partial charge in [0, 0.05) is 10.6 Å². The van der Waals surface area contributed by atoms with Crippen LogP contribution in [-0.2, 0) is 0 Å². The van der Waals surface area contributed by atoms with Gasteiger partial charge in [0.1, 0.15) is 0 Å². The third kappa shape index (κ3) is 3.46. The molecule has 0 aliphatic rings. The Labute approximate surface area is 169 Å². The number of ether oxygens (including phenoxy) is 2. The first-order valence-electron chi connectivity index (χ1n) is 8.57. The SMILES string of the molecule is CCOc1ccc(C=c2sc3nc(-c4cccc(Cl)c4)nn3c2=O)cc1OC. The van der Waals surface area contributed by atoms with Crippen LogP contribution in [0, 0.1) is 0 Å². The highest BCUT2D eigenvalue weighted by Gasteiger charge is 2.12. The molecule has 0 amide bonds. The fraction of sp³-hybridized carbons (Fsp3) is 0.150. The highest BCUT2D eigenvalue weighted by molar-refractivity contribution is 7.15. The number of rotatable bonds is 5. The minimum absolute atomic E-state index is 0.214. The van der Waals surface area contributed by atoms with Gasteiger partial charge >= 0.3 is 0 Å². The zero-order valence-corrected chi connectivity index (χ0v) is 16.8. The Morgan fingerprint density at radius 1 is 1.21 bits per heavy atom. The largest absolute Gasteiger partial charge is 0.493 e. The van der Waals surface area contributed by atoms with E-state index in [2.05, 4.69) is 10.1 Å². The summed E-state index contributed by atoms with van der Waals surface area (Å²) in [6.45, 7) is 2.46. The van der Waals surface area contributed by atoms with Crippen LogP contribution in [-0.4, -0.2) is 28.3 Å². The number of aromatic nitrogens is 3. The normalized spacial score (nSPS) is 11.9. The number of benzene rings is 2. The molecule has 0 N–H and O–H groups in total. The van der Waals surface area contributed by atoms with Crippen LogP contribution in [0.2, 0.25) is 5.02 Å². The van der Waals surface area contributed by atoms with Gasteiger partial charge in [-0.1, -0.05) is 41.1 Å². The second kappa shape index (κ2) is 7.61. The molecular weight excluding hydrogens is 398 g/mol. The van der Waals surface area contributed by atoms with E-state index in [4.69, 9.17) is 21.1 Å². The van der Waals surface area contributed by atoms with E-state index in [1.165, 1.54) is 15.9 Å². The van der Waals surface area contributed by atoms with E-state index in [1.54, 1.807) is 25.3 Å². The molecule has 0 unspecified atom stereocenters. The maximum Gasteiger partial charge on any atom is 0.291 e. The summed E-state index contributed by atoms with van der Waals surface area (Å²) in [4.78, 5) is 17.7. The molecule has 4 rings (SSSR count). The first kappa shape index (κ1) is 18.5. The van der Waals surface area contributed by atoms with Crippen LogP contribution in [0.1, 0.15) is 12.5 Å². The standard InChI is InChI=1S/C20H16ClN3O3S/c1-3-27-15-8-7-12(9-16(15)26-2)10-17-19(25)24-20(28-17)22-18(23-24)13-5-4-6-14(21)11-13/h4-11H,3H2,1-2H3. The predicted octanol–water partition coefficient (Wildman–Crippen LogP) is 3.43. The Morgan fingerprint density at radius 3 is 2.79 bits per heavy atom. The summed E-state index contributed by atoms with van der Waals surface area (Å²) in [6.07, 6.45) is 1.79. The molecule has 2 heterocycles. The average molecular weight is 414 g/mol. The smallest absolute Gasteiger partial charge is 0.291 e. The van der Waals surface area contributed by atoms with Crippen molar-refractivity contribution in [1.82, 2.24) is 14.6 Å². The molecule has 142 valence electrons. The van der Waals surface area contributed by atoms with Gasteiger partial charge in [-0.15, -0.1) is 5.10 Å². The second-order valence-electron chi connectivity index (χ2n) is 5.90. The van der Waals surface area contributed by atoms with Gasteiger partial charge in [0.25, 0.3) is 5.56 Å². The van der Waals surface area contributed by atoms with E-state index < -0.39 is 0 Å². The zero-order valence-electron chi connectivity index (χ0n) is 15.2. The van der Waals surface area contributed by atoms with Crippen molar-refractivity contribution in [3.63, 3.8) is 0 Å². The molecule has 28 heavy (non-hydrogen) atoms. The van der Waals surface area contributed by atoms with E-state index in [-0.39, 0.29) is 5.56 Å². The fourth-order valence-electron chi connectivity index (χ4n) is 2.78. The van der Waals surface area contributed by atoms with Gasteiger partial charge < -0.3 is 9.47 Å². The van der Waals surface area contributed by atoms with E-state index in [0.717, 1.165) is 11.1 Å². The molecule has 0 aliphatic heterocycles. The van der Waals surface area contributed by atoms with E-state index in [9.17, 15) is 4.79 Å². The van der Waals surface area contributed by atoms with Crippen molar-refractivity contribution >= 4 is 34.0 Å². The van der Waals surface area contributed by atoms with Gasteiger partial charge in [0.15, 0.2) is 17.3 Å². The van der Waals surface area contributed by atoms with Crippen molar-refractivity contribution in [1.29, 1.82) is 0 Å². The van der Waals surface area contributed by atoms with Gasteiger partial charge in [-0.05, 0) is 42.8 Å². The highest BCUT2D eigenvalue weighted by Crippen LogP contribution is 2.28. The van der Waals surface area contributed by atoms with Gasteiger partial charge in [0.05, 0.1) is 18.2 Å². The maximum absolute atomic E-state index is 12.7. The quantitative estimate of drug-likeness (QED) is 0.501. The molecule has 6 nitrogen and oxygen atoms in total. The molecule has 0 saturated carbocycles. The molecule has 0 saturated heterocycles. The van der Waals surface area contributed by atoms with E-state index >= 15 is 0 Å². The van der Waals surface area contributed by atoms with Crippen molar-refractivity contribution in [2.45, 2.75) is 6.92 Å². The van der Waals surface area contributed by atoms with Crippen LogP contribution < -0.4 is 19.6 Å². The molecule has 2 aromatic carbocycles. The third-order valence-electron chi connectivity index (χ3n) is 4.05. The van der Waals surface area contributed by atoms with Crippen molar-refractivity contribution in [3.8, 4) is 22.9 Å². The number of fused-ring (bicyclic) bond motifs is 1. The Hall–Kier alpha value is -2.90. The van der Waals surface area contributed by atoms with Crippen molar-refractivity contribution in [3.05, 3.63) is 67.9 Å². The van der Waals surface area contributed by atoms with Gasteiger partial charge in [-0.25, -0.2) is 0 Å². The topological polar surface area (TPSA) is 65.7 Å². The Balaban J connectivity index is 1.75. The number of halogens is 1. The minimum atomic E-state index is -0.214. The van der Waals surface area contributed by atoms with Crippen LogP contribution >= 0.6 is 22.9 Å². The summed E-state index contributed by atoms with van der Waals surface area (Å²) in [5, 5.41) is 4.93. The minimum Gasteiger partial charge on any atom is -0.493 e. The predicted molar refractivity (Wildman–Crippen MR) is 111 cm³/mol. The van der Waals surface area contributed by atoms with Gasteiger partial charge in [0.2, 0.25) is 4.96 Å². The van der Waals surface area contributed by atoms with Crippen LogP contribution in [0.3, 0.4) is 0 Å². The van der Waals surface area contributed by atoms with Gasteiger partial charge in [-0.3, -0.25) is 4.79 Å². The Bertz CT molecular complexity index is 1270. The summed E-state index contributed by atoms with van der Waals surface area (Å²) < 4.78 is 12.7. The number of nitrogens with zero attached hydrogens (tertiary/aromatic N) is 3. The molecular formula is C20H16ClN3O3S. The number of methoxy groups -OCH3 is 1. The molecule has 0 bridgehead atoms. The summed E-state index contributed by atoms with van der Waals surface area (Å²) in [6, 6.07) is 12.8. The lowest BCUT2D eigenvalue weighted by Gasteiger charge is -2.09. The Morgan fingerprint density at radius 2 is 2.07 bits per heavy atom. The first-order valence-corrected chi connectivity index (χ1v) is 9.76. The Kier molecular flexibility index (Phi) is 5.02. The number of thiazole rings is 1. The molecule has 0 aliphatic carbocycles. The average Bonchev–Trinajstić information content (AvgIpc) is 3.23. The highest BCUT2D eigenvalue weighted by atomic mass is 35.5. The lowest BCUT2D eigenvalue weighted by molar-refractivity contribution is 0.311. The van der Waals surface area contributed by atoms with Gasteiger partial charge in [-0.2, -0.15) is 9.50 Å². The maximum atomic E-state index is 12.7. The van der Waals surface area contributed by atoms with Crippen LogP contribution in [0.25, 0.3) is 22.4 Å². The monoisotopic (exact) mass is 413 g/mol. The van der Waals surface area contributed by atoms with Crippen molar-refractivity contribution in [2.24, 2.45) is 0 Å². The third-order valence-corrected chi connectivity index (χ3v) is 5.24. The summed E-state index contributed by atoms with van der Waals surface area (Å²) >= 11 is 7.31. The lowest BCUT2D eigenvalue weighted by atomic mass is 10.2. The number of hydrogen-bond donors (Lipinski definition) is 0. The molecule has 0 radical (unpaired) electrons. The van der Waals surface area contributed by atoms with Crippen LogP contribution in [0.5, 0.6) is 11.5 Å². The molecule has 8 heteroatoms. The zero-order chi connectivity index (χ0) is 19.7. The molecule has 0 fully saturated rings. The number of hydrogen-bond acceptors (Lipinski definition) is 6. The van der Waals surface area contributed by atoms with E-state index in [1.807, 2.05) is 37.3 Å². The molecule has 2 aromatic heterocycles. The molecule has 0 atom stereocenters. The summed E-state index contributed by atoms with van der Waals surface area (Å²) in [5.74, 6) is 1.75. The lowest BCUT2D eigenvalue weighted by Crippen LogP contribution is -2.23. The van der Waals surface area contributed by atoms with Crippen LogP contribution in [0.15, 0.2) is 47.3 Å². The first-order chi connectivity index (χ1) is 13.6. The van der Waals surface area contributed by atoms with Crippen molar-refractivity contribution in [2.75, 3.05) is 13.7 Å². The van der Waals surface area contributed by atoms with Crippen molar-refractivity contribution < 1.29 is 9.47 Å². The summed E-state index contributed by atoms with van der Waals surface area (Å²) in [5.41, 5.74) is 1.38. The van der Waals surface area contributed by atoms with E-state index in [0.29, 0.717) is 38.4 Å². The second-order valence-corrected chi connectivity index (χ2v) is 7.34.